The highest BCUT2D eigenvalue weighted by atomic mass is 31.2. The van der Waals surface area contributed by atoms with Crippen molar-refractivity contribution in [3.8, 4) is 6.07 Å². The summed E-state index contributed by atoms with van der Waals surface area (Å²) in [4.78, 5) is 0. The summed E-state index contributed by atoms with van der Waals surface area (Å²) in [7, 11) is -1.36. The number of ether oxygens (including phenoxy) is 1. The van der Waals surface area contributed by atoms with E-state index in [2.05, 4.69) is 38.4 Å². The number of aliphatic hydroxyl groups excluding tert-OH is 1. The van der Waals surface area contributed by atoms with Crippen molar-refractivity contribution < 1.29 is 18.9 Å². The topological polar surface area (TPSA) is 75.0 Å². The second kappa shape index (κ2) is 9.88. The molecule has 0 aromatic heterocycles. The largest absolute Gasteiger partial charge is 0.388 e. The van der Waals surface area contributed by atoms with Crippen molar-refractivity contribution in [2.24, 2.45) is 0 Å². The first kappa shape index (κ1) is 20.8. The summed E-state index contributed by atoms with van der Waals surface area (Å²) >= 11 is 0. The maximum Gasteiger partial charge on any atom is 0.259 e. The Bertz CT molecular complexity index is 381. The molecule has 1 saturated heterocycles. The molecule has 23 heavy (non-hydrogen) atoms. The molecule has 0 aromatic carbocycles. The zero-order valence-corrected chi connectivity index (χ0v) is 16.0. The molecule has 1 N–H and O–H groups in total. The zero-order valence-electron chi connectivity index (χ0n) is 15.1. The van der Waals surface area contributed by atoms with E-state index in [1.165, 1.54) is 0 Å². The summed E-state index contributed by atoms with van der Waals surface area (Å²) in [5.41, 5.74) is 0. The first-order chi connectivity index (χ1) is 10.8. The number of aliphatic hydroxyl groups is 1. The zero-order chi connectivity index (χ0) is 17.6. The van der Waals surface area contributed by atoms with Gasteiger partial charge in [0.1, 0.15) is 12.2 Å². The van der Waals surface area contributed by atoms with Crippen LogP contribution in [0.15, 0.2) is 0 Å². The molecule has 1 rings (SSSR count). The van der Waals surface area contributed by atoms with Crippen LogP contribution in [0.3, 0.4) is 0 Å². The number of nitrogens with zero attached hydrogens (tertiary/aromatic N) is 2. The molecule has 6 nitrogen and oxygen atoms in total. The van der Waals surface area contributed by atoms with Gasteiger partial charge in [-0.25, -0.2) is 4.67 Å². The van der Waals surface area contributed by atoms with E-state index < -0.39 is 20.7 Å². The predicted octanol–water partition coefficient (Wildman–Crippen LogP) is 3.21. The van der Waals surface area contributed by atoms with Crippen LogP contribution >= 0.6 is 8.53 Å². The quantitative estimate of drug-likeness (QED) is 0.510. The van der Waals surface area contributed by atoms with Crippen LogP contribution < -0.4 is 0 Å². The Kier molecular flexibility index (Phi) is 8.92. The van der Waals surface area contributed by atoms with E-state index in [1.807, 2.05) is 13.8 Å². The van der Waals surface area contributed by atoms with E-state index >= 15 is 0 Å². The Labute approximate surface area is 141 Å². The fourth-order valence-corrected chi connectivity index (χ4v) is 4.55. The van der Waals surface area contributed by atoms with Gasteiger partial charge in [-0.3, -0.25) is 0 Å². The maximum atomic E-state index is 10.4. The van der Waals surface area contributed by atoms with Crippen molar-refractivity contribution in [2.45, 2.75) is 90.9 Å². The van der Waals surface area contributed by atoms with E-state index in [-0.39, 0.29) is 24.3 Å². The minimum absolute atomic E-state index is 0.134. The summed E-state index contributed by atoms with van der Waals surface area (Å²) in [5.74, 6) is 0. The van der Waals surface area contributed by atoms with Crippen molar-refractivity contribution in [1.29, 1.82) is 5.26 Å². The molecule has 5 atom stereocenters. The van der Waals surface area contributed by atoms with Crippen molar-refractivity contribution >= 4 is 8.53 Å². The Hall–Kier alpha value is -0.280. The van der Waals surface area contributed by atoms with Gasteiger partial charge in [-0.15, -0.1) is 0 Å². The third-order valence-corrected chi connectivity index (χ3v) is 5.98. The molecule has 134 valence electrons. The SMILES string of the molecule is CC[C@H]1O[C@@H](C)C(O)[C@H]1OP(OCCC#N)N(C(C)C)C(C)C. The van der Waals surface area contributed by atoms with Crippen molar-refractivity contribution in [3.05, 3.63) is 0 Å². The van der Waals surface area contributed by atoms with Gasteiger partial charge in [-0.2, -0.15) is 5.26 Å². The van der Waals surface area contributed by atoms with Crippen LogP contribution in [0.2, 0.25) is 0 Å². The van der Waals surface area contributed by atoms with Crippen molar-refractivity contribution in [2.75, 3.05) is 6.61 Å². The van der Waals surface area contributed by atoms with Crippen LogP contribution in [-0.4, -0.2) is 52.9 Å². The Morgan fingerprint density at radius 1 is 1.30 bits per heavy atom. The van der Waals surface area contributed by atoms with Gasteiger partial charge in [0, 0.05) is 12.1 Å². The average Bonchev–Trinajstić information content (AvgIpc) is 2.74. The molecule has 0 amide bonds. The number of rotatable bonds is 9. The molecular formula is C16H31N2O4P. The number of hydrogen-bond acceptors (Lipinski definition) is 6. The fourth-order valence-electron chi connectivity index (χ4n) is 2.78. The van der Waals surface area contributed by atoms with E-state index in [9.17, 15) is 5.11 Å². The molecule has 0 bridgehead atoms. The maximum absolute atomic E-state index is 10.4. The van der Waals surface area contributed by atoms with Gasteiger partial charge in [0.2, 0.25) is 0 Å². The minimum atomic E-state index is -1.36. The number of nitriles is 1. The summed E-state index contributed by atoms with van der Waals surface area (Å²) in [5, 5.41) is 19.1. The predicted molar refractivity (Wildman–Crippen MR) is 90.7 cm³/mol. The molecular weight excluding hydrogens is 315 g/mol. The Balaban J connectivity index is 2.88. The first-order valence-electron chi connectivity index (χ1n) is 8.41. The lowest BCUT2D eigenvalue weighted by Crippen LogP contribution is -2.39. The van der Waals surface area contributed by atoms with E-state index in [4.69, 9.17) is 19.0 Å². The third kappa shape index (κ3) is 5.63. The van der Waals surface area contributed by atoms with E-state index in [0.29, 0.717) is 13.0 Å². The van der Waals surface area contributed by atoms with Crippen LogP contribution in [0.5, 0.6) is 0 Å². The van der Waals surface area contributed by atoms with E-state index in [0.717, 1.165) is 6.42 Å². The lowest BCUT2D eigenvalue weighted by molar-refractivity contribution is 0.0159. The van der Waals surface area contributed by atoms with Crippen LogP contribution in [0.4, 0.5) is 0 Å². The van der Waals surface area contributed by atoms with Gasteiger partial charge in [-0.05, 0) is 41.0 Å². The Morgan fingerprint density at radius 3 is 2.39 bits per heavy atom. The minimum Gasteiger partial charge on any atom is -0.388 e. The molecule has 2 unspecified atom stereocenters. The Morgan fingerprint density at radius 2 is 1.91 bits per heavy atom. The molecule has 0 radical (unpaired) electrons. The van der Waals surface area contributed by atoms with Crippen LogP contribution in [-0.2, 0) is 13.8 Å². The monoisotopic (exact) mass is 346 g/mol. The molecule has 1 aliphatic heterocycles. The van der Waals surface area contributed by atoms with Crippen LogP contribution in [0.25, 0.3) is 0 Å². The number of hydrogen-bond donors (Lipinski definition) is 1. The second-order valence-electron chi connectivity index (χ2n) is 6.40. The summed E-state index contributed by atoms with van der Waals surface area (Å²) in [6, 6.07) is 2.56. The molecule has 1 aliphatic rings. The molecule has 0 saturated carbocycles. The fraction of sp³-hybridized carbons (Fsp3) is 0.938. The van der Waals surface area contributed by atoms with Crippen molar-refractivity contribution in [3.63, 3.8) is 0 Å². The average molecular weight is 346 g/mol. The van der Waals surface area contributed by atoms with Gasteiger partial charge < -0.3 is 18.9 Å². The third-order valence-electron chi connectivity index (χ3n) is 3.85. The molecule has 7 heteroatoms. The normalized spacial score (nSPS) is 29.4. The summed E-state index contributed by atoms with van der Waals surface area (Å²) in [6.07, 6.45) is -0.340. The van der Waals surface area contributed by atoms with Crippen molar-refractivity contribution in [1.82, 2.24) is 4.67 Å². The lowest BCUT2D eigenvalue weighted by Gasteiger charge is -2.37. The van der Waals surface area contributed by atoms with Crippen LogP contribution in [0.1, 0.15) is 54.4 Å². The molecule has 0 spiro atoms. The van der Waals surface area contributed by atoms with E-state index in [1.54, 1.807) is 0 Å². The molecule has 0 aliphatic carbocycles. The summed E-state index contributed by atoms with van der Waals surface area (Å²) < 4.78 is 20.0. The standard InChI is InChI=1S/C16H31N2O4P/c1-7-14-16(15(19)13(6)21-14)22-23(20-10-8-9-17)18(11(2)3)12(4)5/h11-16,19H,7-8,10H2,1-6H3/t13-,14+,15?,16-,23?/m0/s1. The van der Waals surface area contributed by atoms with Gasteiger partial charge in [0.25, 0.3) is 8.53 Å². The van der Waals surface area contributed by atoms with Gasteiger partial charge in [0.15, 0.2) is 0 Å². The lowest BCUT2D eigenvalue weighted by atomic mass is 10.1. The molecule has 1 heterocycles. The summed E-state index contributed by atoms with van der Waals surface area (Å²) in [6.45, 7) is 12.6. The highest BCUT2D eigenvalue weighted by Crippen LogP contribution is 2.49. The second-order valence-corrected chi connectivity index (χ2v) is 7.80. The van der Waals surface area contributed by atoms with Gasteiger partial charge in [0.05, 0.1) is 31.3 Å². The highest BCUT2D eigenvalue weighted by Gasteiger charge is 2.44. The molecule has 1 fully saturated rings. The van der Waals surface area contributed by atoms with Crippen LogP contribution in [0, 0.1) is 11.3 Å². The molecule has 0 aromatic rings. The first-order valence-corrected chi connectivity index (χ1v) is 9.55. The highest BCUT2D eigenvalue weighted by molar-refractivity contribution is 7.44. The smallest absolute Gasteiger partial charge is 0.259 e. The van der Waals surface area contributed by atoms with Gasteiger partial charge >= 0.3 is 0 Å². The van der Waals surface area contributed by atoms with Gasteiger partial charge in [-0.1, -0.05) is 6.92 Å².